The average molecular weight is 283 g/mol. The Kier molecular flexibility index (Phi) is 4.34. The summed E-state index contributed by atoms with van der Waals surface area (Å²) in [6, 6.07) is 13.2. The molecule has 3 aromatic rings. The van der Waals surface area contributed by atoms with Crippen LogP contribution in [0.4, 0.5) is 0 Å². The average Bonchev–Trinajstić information content (AvgIpc) is 2.98. The first-order valence-corrected chi connectivity index (χ1v) is 6.68. The summed E-state index contributed by atoms with van der Waals surface area (Å²) in [4.78, 5) is 20.5. The number of aromatic nitrogens is 2. The van der Waals surface area contributed by atoms with Crippen LogP contribution in [0.3, 0.4) is 0 Å². The number of carbonyl (C=O) groups excluding carboxylic acids is 1. The largest absolute Gasteiger partial charge is 0.344 e. The molecule has 20 heavy (non-hydrogen) atoms. The van der Waals surface area contributed by atoms with Crippen LogP contribution in [0.15, 0.2) is 60.2 Å². The van der Waals surface area contributed by atoms with Crippen LogP contribution in [0.25, 0.3) is 11.3 Å². The van der Waals surface area contributed by atoms with E-state index in [0.717, 1.165) is 11.3 Å². The molecular formula is C15H13N3OS. The lowest BCUT2D eigenvalue weighted by Crippen LogP contribution is -2.00. The first-order valence-electron chi connectivity index (χ1n) is 5.80. The highest BCUT2D eigenvalue weighted by Gasteiger charge is 2.13. The number of nitrogens with zero attached hydrogens (tertiary/aromatic N) is 2. The first kappa shape index (κ1) is 14.0. The van der Waals surface area contributed by atoms with Gasteiger partial charge < -0.3 is 6.15 Å². The van der Waals surface area contributed by atoms with Crippen LogP contribution in [0.1, 0.15) is 15.4 Å². The molecular weight excluding hydrogens is 270 g/mol. The molecule has 2 heterocycles. The highest BCUT2D eigenvalue weighted by Crippen LogP contribution is 2.23. The molecule has 1 aromatic carbocycles. The minimum absolute atomic E-state index is 0. The Balaban J connectivity index is 0.00000147. The Hall–Kier alpha value is -2.37. The number of carbonyl (C=O) groups is 1. The minimum Gasteiger partial charge on any atom is -0.344 e. The fourth-order valence-electron chi connectivity index (χ4n) is 1.75. The van der Waals surface area contributed by atoms with E-state index in [4.69, 9.17) is 0 Å². The van der Waals surface area contributed by atoms with Gasteiger partial charge in [0, 0.05) is 28.9 Å². The van der Waals surface area contributed by atoms with Crippen LogP contribution >= 0.6 is 11.3 Å². The molecule has 0 aliphatic carbocycles. The monoisotopic (exact) mass is 283 g/mol. The van der Waals surface area contributed by atoms with Gasteiger partial charge in [-0.15, -0.1) is 11.3 Å². The van der Waals surface area contributed by atoms with Gasteiger partial charge in [-0.05, 0) is 12.1 Å². The standard InChI is InChI=1S/C15H10N2OS.H3N/c18-14(12-6-8-16-9-7-12)15-17-13(10-19-15)11-4-2-1-3-5-11;/h1-10H;1H3. The summed E-state index contributed by atoms with van der Waals surface area (Å²) in [6.07, 6.45) is 3.22. The Bertz CT molecular complexity index is 695. The van der Waals surface area contributed by atoms with Crippen LogP contribution in [0.2, 0.25) is 0 Å². The fraction of sp³-hybridized carbons (Fsp3) is 0. The molecule has 0 amide bonds. The van der Waals surface area contributed by atoms with Crippen molar-refractivity contribution >= 4 is 17.1 Å². The Morgan fingerprint density at radius 1 is 1.00 bits per heavy atom. The van der Waals surface area contributed by atoms with Gasteiger partial charge in [-0.3, -0.25) is 9.78 Å². The van der Waals surface area contributed by atoms with Gasteiger partial charge >= 0.3 is 0 Å². The molecule has 0 bridgehead atoms. The van der Waals surface area contributed by atoms with E-state index in [2.05, 4.69) is 9.97 Å². The van der Waals surface area contributed by atoms with E-state index in [9.17, 15) is 4.79 Å². The van der Waals surface area contributed by atoms with Crippen molar-refractivity contribution < 1.29 is 4.79 Å². The quantitative estimate of drug-likeness (QED) is 0.745. The normalized spacial score (nSPS) is 9.80. The molecule has 3 rings (SSSR count). The van der Waals surface area contributed by atoms with Crippen molar-refractivity contribution in [2.75, 3.05) is 0 Å². The van der Waals surface area contributed by atoms with E-state index in [1.54, 1.807) is 24.5 Å². The Morgan fingerprint density at radius 3 is 2.40 bits per heavy atom. The predicted molar refractivity (Wildman–Crippen MR) is 80.2 cm³/mol. The summed E-state index contributed by atoms with van der Waals surface area (Å²) in [5.41, 5.74) is 2.47. The lowest BCUT2D eigenvalue weighted by Gasteiger charge is -1.96. The zero-order valence-electron chi connectivity index (χ0n) is 10.7. The molecule has 0 radical (unpaired) electrons. The van der Waals surface area contributed by atoms with Gasteiger partial charge in [-0.25, -0.2) is 4.98 Å². The first-order chi connectivity index (χ1) is 9.34. The molecule has 0 aliphatic rings. The second kappa shape index (κ2) is 6.18. The predicted octanol–water partition coefficient (Wildman–Crippen LogP) is 3.60. The molecule has 0 unspecified atom stereocenters. The zero-order chi connectivity index (χ0) is 13.1. The third-order valence-electron chi connectivity index (χ3n) is 2.71. The molecule has 5 heteroatoms. The maximum absolute atomic E-state index is 12.2. The lowest BCUT2D eigenvalue weighted by atomic mass is 10.1. The molecule has 0 atom stereocenters. The van der Waals surface area contributed by atoms with Crippen LogP contribution in [0, 0.1) is 0 Å². The fourth-order valence-corrected chi connectivity index (χ4v) is 2.53. The highest BCUT2D eigenvalue weighted by atomic mass is 32.1. The van der Waals surface area contributed by atoms with E-state index in [1.165, 1.54) is 11.3 Å². The van der Waals surface area contributed by atoms with Crippen molar-refractivity contribution in [2.24, 2.45) is 0 Å². The number of benzene rings is 1. The number of hydrogen-bond acceptors (Lipinski definition) is 5. The van der Waals surface area contributed by atoms with Gasteiger partial charge in [-0.2, -0.15) is 0 Å². The summed E-state index contributed by atoms with van der Waals surface area (Å²) >= 11 is 1.37. The van der Waals surface area contributed by atoms with Crippen molar-refractivity contribution in [1.82, 2.24) is 16.1 Å². The van der Waals surface area contributed by atoms with E-state index < -0.39 is 0 Å². The van der Waals surface area contributed by atoms with Gasteiger partial charge in [0.05, 0.1) is 5.69 Å². The third kappa shape index (κ3) is 2.79. The molecule has 3 N–H and O–H groups in total. The molecule has 100 valence electrons. The second-order valence-corrected chi connectivity index (χ2v) is 4.83. The van der Waals surface area contributed by atoms with E-state index in [-0.39, 0.29) is 11.9 Å². The van der Waals surface area contributed by atoms with Crippen molar-refractivity contribution in [3.8, 4) is 11.3 Å². The van der Waals surface area contributed by atoms with Crippen molar-refractivity contribution in [3.63, 3.8) is 0 Å². The Morgan fingerprint density at radius 2 is 1.70 bits per heavy atom. The molecule has 4 nitrogen and oxygen atoms in total. The molecule has 0 saturated heterocycles. The number of pyridine rings is 1. The van der Waals surface area contributed by atoms with E-state index in [0.29, 0.717) is 10.6 Å². The maximum Gasteiger partial charge on any atom is 0.221 e. The third-order valence-corrected chi connectivity index (χ3v) is 3.55. The Labute approximate surface area is 120 Å². The maximum atomic E-state index is 12.2. The van der Waals surface area contributed by atoms with Crippen molar-refractivity contribution in [3.05, 3.63) is 70.8 Å². The minimum atomic E-state index is -0.0606. The smallest absolute Gasteiger partial charge is 0.221 e. The summed E-state index contributed by atoms with van der Waals surface area (Å²) < 4.78 is 0. The number of hydrogen-bond donors (Lipinski definition) is 1. The topological polar surface area (TPSA) is 77.9 Å². The lowest BCUT2D eigenvalue weighted by molar-refractivity contribution is 0.103. The van der Waals surface area contributed by atoms with Crippen molar-refractivity contribution in [2.45, 2.75) is 0 Å². The van der Waals surface area contributed by atoms with Gasteiger partial charge in [-0.1, -0.05) is 30.3 Å². The molecule has 0 fully saturated rings. The molecule has 2 aromatic heterocycles. The summed E-state index contributed by atoms with van der Waals surface area (Å²) in [6.45, 7) is 0. The second-order valence-electron chi connectivity index (χ2n) is 3.97. The van der Waals surface area contributed by atoms with Crippen LogP contribution in [0.5, 0.6) is 0 Å². The van der Waals surface area contributed by atoms with Gasteiger partial charge in [0.15, 0.2) is 5.01 Å². The number of rotatable bonds is 3. The molecule has 0 aliphatic heterocycles. The van der Waals surface area contributed by atoms with E-state index >= 15 is 0 Å². The number of thiazole rings is 1. The van der Waals surface area contributed by atoms with Crippen LogP contribution in [-0.2, 0) is 0 Å². The van der Waals surface area contributed by atoms with Gasteiger partial charge in [0.2, 0.25) is 5.78 Å². The van der Waals surface area contributed by atoms with Crippen LogP contribution in [-0.4, -0.2) is 15.8 Å². The SMILES string of the molecule is N.O=C(c1ccncc1)c1nc(-c2ccccc2)cs1. The van der Waals surface area contributed by atoms with Gasteiger partial charge in [0.1, 0.15) is 0 Å². The molecule has 0 spiro atoms. The number of ketones is 1. The highest BCUT2D eigenvalue weighted by molar-refractivity contribution is 7.12. The van der Waals surface area contributed by atoms with Gasteiger partial charge in [0.25, 0.3) is 0 Å². The summed E-state index contributed by atoms with van der Waals surface area (Å²) in [5, 5.41) is 2.41. The van der Waals surface area contributed by atoms with Crippen molar-refractivity contribution in [1.29, 1.82) is 0 Å². The summed E-state index contributed by atoms with van der Waals surface area (Å²) in [7, 11) is 0. The summed E-state index contributed by atoms with van der Waals surface area (Å²) in [5.74, 6) is -0.0606. The zero-order valence-corrected chi connectivity index (χ0v) is 11.5. The van der Waals surface area contributed by atoms with E-state index in [1.807, 2.05) is 35.7 Å². The molecule has 0 saturated carbocycles. The van der Waals surface area contributed by atoms with Crippen LogP contribution < -0.4 is 6.15 Å².